The summed E-state index contributed by atoms with van der Waals surface area (Å²) in [4.78, 5) is 12.2. The molecule has 1 amide bonds. The van der Waals surface area contributed by atoms with Crippen LogP contribution < -0.4 is 10.1 Å². The summed E-state index contributed by atoms with van der Waals surface area (Å²) in [5.74, 6) is -0.218. The van der Waals surface area contributed by atoms with Crippen LogP contribution in [0.5, 0.6) is 5.75 Å². The highest BCUT2D eigenvalue weighted by molar-refractivity contribution is 6.43. The van der Waals surface area contributed by atoms with Crippen molar-refractivity contribution < 1.29 is 9.53 Å². The zero-order valence-electron chi connectivity index (χ0n) is 12.7. The minimum absolute atomic E-state index is 0.0535. The summed E-state index contributed by atoms with van der Waals surface area (Å²) in [5.41, 5.74) is -0.976. The van der Waals surface area contributed by atoms with E-state index in [1.165, 1.54) is 12.1 Å². The molecule has 1 aromatic carbocycles. The first-order valence-corrected chi connectivity index (χ1v) is 7.78. The molecule has 1 N–H and O–H groups in total. The predicted molar refractivity (Wildman–Crippen MR) is 88.6 cm³/mol. The summed E-state index contributed by atoms with van der Waals surface area (Å²) in [6, 6.07) is 4.99. The summed E-state index contributed by atoms with van der Waals surface area (Å²) in [6.07, 6.45) is -0.846. The fraction of sp³-hybridized carbons (Fsp3) is 0.467. The van der Waals surface area contributed by atoms with Crippen molar-refractivity contribution in [3.05, 3.63) is 27.2 Å². The Morgan fingerprint density at radius 2 is 1.77 bits per heavy atom. The number of hydrogen-bond acceptors (Lipinski definition) is 3. The summed E-state index contributed by atoms with van der Waals surface area (Å²) < 4.78 is 5.52. The number of benzene rings is 1. The molecule has 1 rings (SSSR count). The smallest absolute Gasteiger partial charge is 0.262 e. The van der Waals surface area contributed by atoms with Crippen LogP contribution in [0.2, 0.25) is 15.1 Å². The summed E-state index contributed by atoms with van der Waals surface area (Å²) in [6.45, 7) is 6.93. The Kier molecular flexibility index (Phi) is 6.37. The van der Waals surface area contributed by atoms with Crippen molar-refractivity contribution in [3.63, 3.8) is 0 Å². The molecule has 0 aliphatic carbocycles. The minimum atomic E-state index is -0.976. The highest BCUT2D eigenvalue weighted by Crippen LogP contribution is 2.34. The van der Waals surface area contributed by atoms with Gasteiger partial charge in [0.05, 0.1) is 21.1 Å². The minimum Gasteiger partial charge on any atom is -0.479 e. The molecule has 4 nitrogen and oxygen atoms in total. The topological polar surface area (TPSA) is 62.1 Å². The SMILES string of the molecule is CC(C)[C@](C)(C#N)NC(=O)[C@H](C)Oc1cc(Cl)c(Cl)cc1Cl. The second kappa shape index (κ2) is 7.41. The number of nitrogens with one attached hydrogen (secondary N) is 1. The van der Waals surface area contributed by atoms with Gasteiger partial charge in [0, 0.05) is 6.07 Å². The molecular weight excluding hydrogens is 347 g/mol. The lowest BCUT2D eigenvalue weighted by Crippen LogP contribution is -2.52. The Morgan fingerprint density at radius 3 is 2.27 bits per heavy atom. The lowest BCUT2D eigenvalue weighted by Gasteiger charge is -2.29. The molecular formula is C15H17Cl3N2O2. The monoisotopic (exact) mass is 362 g/mol. The largest absolute Gasteiger partial charge is 0.479 e. The number of ether oxygens (including phenoxy) is 1. The molecule has 0 bridgehead atoms. The van der Waals surface area contributed by atoms with E-state index in [2.05, 4.69) is 11.4 Å². The highest BCUT2D eigenvalue weighted by Gasteiger charge is 2.32. The highest BCUT2D eigenvalue weighted by atomic mass is 35.5. The molecule has 0 saturated carbocycles. The van der Waals surface area contributed by atoms with E-state index >= 15 is 0 Å². The van der Waals surface area contributed by atoms with Gasteiger partial charge in [0.1, 0.15) is 11.3 Å². The number of nitriles is 1. The van der Waals surface area contributed by atoms with Crippen molar-refractivity contribution in [2.75, 3.05) is 0 Å². The standard InChI is InChI=1S/C15H17Cl3N2O2/c1-8(2)15(4,7-19)20-14(21)9(3)22-13-6-11(17)10(16)5-12(13)18/h5-6,8-9H,1-4H3,(H,20,21)/t9-,15-/m0/s1. The van der Waals surface area contributed by atoms with Gasteiger partial charge < -0.3 is 10.1 Å². The Bertz CT molecular complexity index is 614. The Balaban J connectivity index is 2.86. The molecule has 2 atom stereocenters. The Morgan fingerprint density at radius 1 is 1.23 bits per heavy atom. The summed E-state index contributed by atoms with van der Waals surface area (Å²) >= 11 is 17.8. The van der Waals surface area contributed by atoms with Crippen LogP contribution in [0.1, 0.15) is 27.7 Å². The summed E-state index contributed by atoms with van der Waals surface area (Å²) in [5, 5.41) is 12.7. The maximum absolute atomic E-state index is 12.2. The van der Waals surface area contributed by atoms with Gasteiger partial charge in [-0.3, -0.25) is 4.79 Å². The van der Waals surface area contributed by atoms with E-state index in [0.717, 1.165) is 0 Å². The molecule has 1 aromatic rings. The van der Waals surface area contributed by atoms with Crippen LogP contribution in [-0.4, -0.2) is 17.6 Å². The number of nitrogens with zero attached hydrogens (tertiary/aromatic N) is 1. The number of amides is 1. The molecule has 0 saturated heterocycles. The van der Waals surface area contributed by atoms with Gasteiger partial charge in [-0.15, -0.1) is 0 Å². The number of halogens is 3. The fourth-order valence-electron chi connectivity index (χ4n) is 1.50. The summed E-state index contributed by atoms with van der Waals surface area (Å²) in [7, 11) is 0. The predicted octanol–water partition coefficient (Wildman–Crippen LogP) is 4.47. The zero-order chi connectivity index (χ0) is 17.1. The van der Waals surface area contributed by atoms with E-state index in [1.54, 1.807) is 13.8 Å². The van der Waals surface area contributed by atoms with E-state index in [0.29, 0.717) is 5.02 Å². The number of carbonyl (C=O) groups is 1. The third-order valence-corrected chi connectivity index (χ3v) is 4.44. The van der Waals surface area contributed by atoms with Crippen LogP contribution in [0.15, 0.2) is 12.1 Å². The molecule has 0 aliphatic rings. The molecule has 0 aromatic heterocycles. The van der Waals surface area contributed by atoms with Crippen molar-refractivity contribution in [2.45, 2.75) is 39.3 Å². The van der Waals surface area contributed by atoms with Gasteiger partial charge in [0.15, 0.2) is 6.10 Å². The maximum Gasteiger partial charge on any atom is 0.262 e. The first-order chi connectivity index (χ1) is 10.1. The van der Waals surface area contributed by atoms with E-state index in [-0.39, 0.29) is 21.7 Å². The number of carbonyl (C=O) groups excluding carboxylic acids is 1. The van der Waals surface area contributed by atoms with Crippen LogP contribution >= 0.6 is 34.8 Å². The van der Waals surface area contributed by atoms with E-state index in [4.69, 9.17) is 39.5 Å². The lowest BCUT2D eigenvalue weighted by molar-refractivity contribution is -0.128. The van der Waals surface area contributed by atoms with Crippen molar-refractivity contribution >= 4 is 40.7 Å². The van der Waals surface area contributed by atoms with Gasteiger partial charge in [0.25, 0.3) is 5.91 Å². The van der Waals surface area contributed by atoms with Crippen molar-refractivity contribution in [1.29, 1.82) is 5.26 Å². The fourth-order valence-corrected chi connectivity index (χ4v) is 2.08. The average Bonchev–Trinajstić information content (AvgIpc) is 2.44. The maximum atomic E-state index is 12.2. The molecule has 0 aliphatic heterocycles. The first kappa shape index (κ1) is 18.9. The molecule has 0 unspecified atom stereocenters. The van der Waals surface area contributed by atoms with E-state index < -0.39 is 17.6 Å². The van der Waals surface area contributed by atoms with Crippen molar-refractivity contribution in [1.82, 2.24) is 5.32 Å². The number of hydrogen-bond donors (Lipinski definition) is 1. The average molecular weight is 364 g/mol. The van der Waals surface area contributed by atoms with Crippen molar-refractivity contribution in [2.24, 2.45) is 5.92 Å². The van der Waals surface area contributed by atoms with Crippen LogP contribution in [0.4, 0.5) is 0 Å². The van der Waals surface area contributed by atoms with Gasteiger partial charge in [-0.25, -0.2) is 0 Å². The van der Waals surface area contributed by atoms with Gasteiger partial charge in [-0.2, -0.15) is 5.26 Å². The van der Waals surface area contributed by atoms with E-state index in [9.17, 15) is 10.1 Å². The van der Waals surface area contributed by atoms with Crippen LogP contribution in [0, 0.1) is 17.2 Å². The molecule has 0 heterocycles. The molecule has 120 valence electrons. The van der Waals surface area contributed by atoms with Gasteiger partial charge in [-0.1, -0.05) is 48.7 Å². The van der Waals surface area contributed by atoms with Crippen LogP contribution in [0.25, 0.3) is 0 Å². The van der Waals surface area contributed by atoms with Gasteiger partial charge in [0.2, 0.25) is 0 Å². The molecule has 22 heavy (non-hydrogen) atoms. The van der Waals surface area contributed by atoms with Crippen LogP contribution in [-0.2, 0) is 4.79 Å². The van der Waals surface area contributed by atoms with Gasteiger partial charge >= 0.3 is 0 Å². The number of rotatable bonds is 5. The Labute approximate surface area is 145 Å². The first-order valence-electron chi connectivity index (χ1n) is 6.65. The van der Waals surface area contributed by atoms with Crippen LogP contribution in [0.3, 0.4) is 0 Å². The van der Waals surface area contributed by atoms with Crippen molar-refractivity contribution in [3.8, 4) is 11.8 Å². The molecule has 0 spiro atoms. The van der Waals surface area contributed by atoms with E-state index in [1.807, 2.05) is 13.8 Å². The molecule has 0 fully saturated rings. The normalized spacial score (nSPS) is 14.9. The third kappa shape index (κ3) is 4.42. The zero-order valence-corrected chi connectivity index (χ0v) is 15.0. The third-order valence-electron chi connectivity index (χ3n) is 3.42. The molecule has 7 heteroatoms. The lowest BCUT2D eigenvalue weighted by atomic mass is 9.90. The van der Waals surface area contributed by atoms with Gasteiger partial charge in [-0.05, 0) is 25.8 Å². The Hall–Kier alpha value is -1.15. The quantitative estimate of drug-likeness (QED) is 0.785. The second-order valence-corrected chi connectivity index (χ2v) is 6.64. The second-order valence-electron chi connectivity index (χ2n) is 5.41. The molecule has 0 radical (unpaired) electrons.